The van der Waals surface area contributed by atoms with Gasteiger partial charge in [0.25, 0.3) is 5.91 Å². The molecule has 108 valence electrons. The second-order valence-corrected chi connectivity index (χ2v) is 4.60. The Morgan fingerprint density at radius 2 is 1.62 bits per heavy atom. The smallest absolute Gasteiger partial charge is 0.326 e. The van der Waals surface area contributed by atoms with Crippen molar-refractivity contribution in [3.63, 3.8) is 0 Å². The van der Waals surface area contributed by atoms with Crippen molar-refractivity contribution in [2.75, 3.05) is 0 Å². The molecule has 2 aromatic rings. The van der Waals surface area contributed by atoms with E-state index in [-0.39, 0.29) is 12.2 Å². The molecule has 0 saturated carbocycles. The average Bonchev–Trinajstić information content (AvgIpc) is 2.48. The molecule has 5 heteroatoms. The third kappa shape index (κ3) is 4.07. The van der Waals surface area contributed by atoms with E-state index in [0.29, 0.717) is 5.56 Å². The number of carbonyl (C=O) groups is 2. The van der Waals surface area contributed by atoms with E-state index in [1.807, 2.05) is 30.3 Å². The highest BCUT2D eigenvalue weighted by atomic mass is 16.4. The minimum atomic E-state index is -1.09. The molecule has 21 heavy (non-hydrogen) atoms. The summed E-state index contributed by atoms with van der Waals surface area (Å²) in [6.45, 7) is 0. The van der Waals surface area contributed by atoms with Crippen LogP contribution in [0.1, 0.15) is 15.9 Å². The van der Waals surface area contributed by atoms with Gasteiger partial charge < -0.3 is 15.5 Å². The third-order valence-electron chi connectivity index (χ3n) is 3.02. The number of nitrogens with one attached hydrogen (secondary N) is 1. The Hall–Kier alpha value is -2.82. The Morgan fingerprint density at radius 3 is 2.19 bits per heavy atom. The number of hydrogen-bond acceptors (Lipinski definition) is 3. The molecule has 0 unspecified atom stereocenters. The first-order valence-corrected chi connectivity index (χ1v) is 6.43. The first-order chi connectivity index (χ1) is 10.1. The van der Waals surface area contributed by atoms with Gasteiger partial charge in [-0.05, 0) is 29.8 Å². The Morgan fingerprint density at radius 1 is 1.00 bits per heavy atom. The maximum Gasteiger partial charge on any atom is 0.326 e. The van der Waals surface area contributed by atoms with Crippen LogP contribution in [0, 0.1) is 0 Å². The van der Waals surface area contributed by atoms with Crippen LogP contribution in [0.15, 0.2) is 54.6 Å². The first kappa shape index (κ1) is 14.6. The zero-order valence-electron chi connectivity index (χ0n) is 11.2. The van der Waals surface area contributed by atoms with Gasteiger partial charge in [-0.1, -0.05) is 30.3 Å². The van der Waals surface area contributed by atoms with Crippen molar-refractivity contribution in [1.29, 1.82) is 0 Å². The lowest BCUT2D eigenvalue weighted by Crippen LogP contribution is -2.42. The SMILES string of the molecule is O=C(N[C@@H](Cc1ccccc1)C(=O)O)c1ccc(O)cc1. The van der Waals surface area contributed by atoms with Gasteiger partial charge >= 0.3 is 5.97 Å². The molecule has 0 bridgehead atoms. The molecular weight excluding hydrogens is 270 g/mol. The highest BCUT2D eigenvalue weighted by molar-refractivity contribution is 5.96. The number of carboxylic acids is 1. The number of hydrogen-bond donors (Lipinski definition) is 3. The van der Waals surface area contributed by atoms with Gasteiger partial charge in [0.2, 0.25) is 0 Å². The zero-order valence-corrected chi connectivity index (χ0v) is 11.2. The van der Waals surface area contributed by atoms with Crippen molar-refractivity contribution < 1.29 is 19.8 Å². The Labute approximate surface area is 121 Å². The molecular formula is C16H15NO4. The quantitative estimate of drug-likeness (QED) is 0.782. The normalized spacial score (nSPS) is 11.6. The molecule has 0 spiro atoms. The second-order valence-electron chi connectivity index (χ2n) is 4.60. The van der Waals surface area contributed by atoms with E-state index in [0.717, 1.165) is 5.56 Å². The average molecular weight is 285 g/mol. The van der Waals surface area contributed by atoms with Crippen molar-refractivity contribution >= 4 is 11.9 Å². The van der Waals surface area contributed by atoms with E-state index >= 15 is 0 Å². The lowest BCUT2D eigenvalue weighted by molar-refractivity contribution is -0.139. The number of carbonyl (C=O) groups excluding carboxylic acids is 1. The van der Waals surface area contributed by atoms with Gasteiger partial charge in [-0.2, -0.15) is 0 Å². The van der Waals surface area contributed by atoms with Crippen LogP contribution >= 0.6 is 0 Å². The Kier molecular flexibility index (Phi) is 4.56. The number of phenolic OH excluding ortho intramolecular Hbond substituents is 1. The molecule has 3 N–H and O–H groups in total. The largest absolute Gasteiger partial charge is 0.508 e. The number of phenols is 1. The predicted octanol–water partition coefficient (Wildman–Crippen LogP) is 1.82. The van der Waals surface area contributed by atoms with Crippen LogP contribution in [0.4, 0.5) is 0 Å². The van der Waals surface area contributed by atoms with Crippen LogP contribution in [-0.2, 0) is 11.2 Å². The molecule has 0 fully saturated rings. The molecule has 5 nitrogen and oxygen atoms in total. The summed E-state index contributed by atoms with van der Waals surface area (Å²) in [6, 6.07) is 13.7. The van der Waals surface area contributed by atoms with Crippen LogP contribution < -0.4 is 5.32 Å². The lowest BCUT2D eigenvalue weighted by atomic mass is 10.1. The minimum Gasteiger partial charge on any atom is -0.508 e. The van der Waals surface area contributed by atoms with Crippen LogP contribution in [0.5, 0.6) is 5.75 Å². The fourth-order valence-corrected chi connectivity index (χ4v) is 1.90. The van der Waals surface area contributed by atoms with E-state index in [1.165, 1.54) is 24.3 Å². The van der Waals surface area contributed by atoms with Gasteiger partial charge in [0, 0.05) is 12.0 Å². The molecule has 0 heterocycles. The predicted molar refractivity (Wildman–Crippen MR) is 77.1 cm³/mol. The second kappa shape index (κ2) is 6.56. The standard InChI is InChI=1S/C16H15NO4/c18-13-8-6-12(7-9-13)15(19)17-14(16(20)21)10-11-4-2-1-3-5-11/h1-9,14,18H,10H2,(H,17,19)(H,20,21)/t14-/m0/s1. The highest BCUT2D eigenvalue weighted by Gasteiger charge is 2.21. The molecule has 0 aliphatic rings. The summed E-state index contributed by atoms with van der Waals surface area (Å²) < 4.78 is 0. The summed E-state index contributed by atoms with van der Waals surface area (Å²) in [4.78, 5) is 23.3. The molecule has 1 amide bonds. The van der Waals surface area contributed by atoms with Crippen LogP contribution in [0.25, 0.3) is 0 Å². The van der Waals surface area contributed by atoms with Gasteiger partial charge in [-0.25, -0.2) is 4.79 Å². The molecule has 2 rings (SSSR count). The maximum absolute atomic E-state index is 12.0. The number of carboxylic acid groups (broad SMARTS) is 1. The summed E-state index contributed by atoms with van der Waals surface area (Å²) in [5.74, 6) is -1.53. The van der Waals surface area contributed by atoms with E-state index in [2.05, 4.69) is 5.32 Å². The molecule has 0 saturated heterocycles. The van der Waals surface area contributed by atoms with Gasteiger partial charge in [0.1, 0.15) is 11.8 Å². The summed E-state index contributed by atoms with van der Waals surface area (Å²) in [6.07, 6.45) is 0.208. The van der Waals surface area contributed by atoms with E-state index in [9.17, 15) is 19.8 Å². The molecule has 0 aliphatic carbocycles. The number of aromatic hydroxyl groups is 1. The van der Waals surface area contributed by atoms with Gasteiger partial charge in [-0.15, -0.1) is 0 Å². The van der Waals surface area contributed by atoms with Crippen molar-refractivity contribution in [1.82, 2.24) is 5.32 Å². The van der Waals surface area contributed by atoms with Gasteiger partial charge in [0.15, 0.2) is 0 Å². The first-order valence-electron chi connectivity index (χ1n) is 6.43. The van der Waals surface area contributed by atoms with Crippen molar-refractivity contribution in [2.24, 2.45) is 0 Å². The summed E-state index contributed by atoms with van der Waals surface area (Å²) >= 11 is 0. The number of aliphatic carboxylic acids is 1. The Balaban J connectivity index is 2.07. The topological polar surface area (TPSA) is 86.6 Å². The number of amides is 1. The number of benzene rings is 2. The molecule has 2 aromatic carbocycles. The lowest BCUT2D eigenvalue weighted by Gasteiger charge is -2.14. The monoisotopic (exact) mass is 285 g/mol. The maximum atomic E-state index is 12.0. The van der Waals surface area contributed by atoms with Gasteiger partial charge in [-0.3, -0.25) is 4.79 Å². The summed E-state index contributed by atoms with van der Waals surface area (Å²) in [7, 11) is 0. The van der Waals surface area contributed by atoms with Crippen LogP contribution in [-0.4, -0.2) is 28.1 Å². The fraction of sp³-hybridized carbons (Fsp3) is 0.125. The fourth-order valence-electron chi connectivity index (χ4n) is 1.90. The van der Waals surface area contributed by atoms with Gasteiger partial charge in [0.05, 0.1) is 0 Å². The molecule has 0 aliphatic heterocycles. The molecule has 1 atom stereocenters. The summed E-state index contributed by atoms with van der Waals surface area (Å²) in [5.41, 5.74) is 1.13. The van der Waals surface area contributed by atoms with E-state index in [1.54, 1.807) is 0 Å². The Bertz CT molecular complexity index is 622. The van der Waals surface area contributed by atoms with Crippen molar-refractivity contribution in [3.8, 4) is 5.75 Å². The molecule has 0 aromatic heterocycles. The van der Waals surface area contributed by atoms with Crippen LogP contribution in [0.3, 0.4) is 0 Å². The van der Waals surface area contributed by atoms with Crippen molar-refractivity contribution in [3.05, 3.63) is 65.7 Å². The zero-order chi connectivity index (χ0) is 15.2. The van der Waals surface area contributed by atoms with E-state index in [4.69, 9.17) is 0 Å². The van der Waals surface area contributed by atoms with Crippen molar-refractivity contribution in [2.45, 2.75) is 12.5 Å². The number of rotatable bonds is 5. The summed E-state index contributed by atoms with van der Waals surface area (Å²) in [5, 5.41) is 20.9. The minimum absolute atomic E-state index is 0.0469. The van der Waals surface area contributed by atoms with E-state index < -0.39 is 17.9 Å². The highest BCUT2D eigenvalue weighted by Crippen LogP contribution is 2.10. The molecule has 0 radical (unpaired) electrons. The third-order valence-corrected chi connectivity index (χ3v) is 3.02. The van der Waals surface area contributed by atoms with Crippen LogP contribution in [0.2, 0.25) is 0 Å².